The van der Waals surface area contributed by atoms with E-state index in [0.717, 1.165) is 108 Å². The van der Waals surface area contributed by atoms with Gasteiger partial charge in [-0.05, 0) is 36.4 Å². The highest BCUT2D eigenvalue weighted by molar-refractivity contribution is 5.84. The Bertz CT molecular complexity index is 2710. The average Bonchev–Trinajstić information content (AvgIpc) is 3.87. The van der Waals surface area contributed by atoms with Crippen LogP contribution in [0.1, 0.15) is 39.3 Å². The highest BCUT2D eigenvalue weighted by atomic mass is 16.5. The SMILES string of the molecule is COc1cc2ccccc2n1-c1nc2c(c(NCc3ccccc3)n1)CN(C)CC2.OCc1cc2ccccc2n1-c1nc2c(c(NCc3ccccc3)n1)CNCC2. The van der Waals surface area contributed by atoms with E-state index >= 15 is 0 Å². The van der Waals surface area contributed by atoms with Crippen LogP contribution in [0.2, 0.25) is 0 Å². The number of aliphatic hydroxyl groups is 1. The molecule has 0 saturated heterocycles. The fourth-order valence-corrected chi connectivity index (χ4v) is 7.97. The summed E-state index contributed by atoms with van der Waals surface area (Å²) in [5, 5.41) is 22.6. The molecule has 10 rings (SSSR count). The maximum absolute atomic E-state index is 9.94. The molecule has 8 aromatic rings. The van der Waals surface area contributed by atoms with Crippen molar-refractivity contribution in [2.45, 2.75) is 45.6 Å². The van der Waals surface area contributed by atoms with E-state index in [1.807, 2.05) is 81.9 Å². The van der Waals surface area contributed by atoms with Crippen molar-refractivity contribution in [3.63, 3.8) is 0 Å². The lowest BCUT2D eigenvalue weighted by molar-refractivity contribution is 0.274. The molecule has 0 fully saturated rings. The van der Waals surface area contributed by atoms with Gasteiger partial charge in [-0.3, -0.25) is 4.57 Å². The topological polar surface area (TPSA) is 130 Å². The van der Waals surface area contributed by atoms with Crippen LogP contribution >= 0.6 is 0 Å². The van der Waals surface area contributed by atoms with Gasteiger partial charge in [0.25, 0.3) is 0 Å². The molecule has 0 amide bonds. The van der Waals surface area contributed by atoms with Crippen molar-refractivity contribution >= 4 is 33.4 Å². The lowest BCUT2D eigenvalue weighted by Crippen LogP contribution is -2.29. The van der Waals surface area contributed by atoms with Crippen molar-refractivity contribution in [2.24, 2.45) is 0 Å². The third-order valence-corrected chi connectivity index (χ3v) is 11.0. The summed E-state index contributed by atoms with van der Waals surface area (Å²) in [6, 6.07) is 41.0. The van der Waals surface area contributed by atoms with Gasteiger partial charge in [0, 0.05) is 80.1 Å². The molecule has 0 spiro atoms. The molecule has 12 heteroatoms. The Hall–Kier alpha value is -6.60. The molecular formula is C47H48N10O2. The van der Waals surface area contributed by atoms with Gasteiger partial charge in [0.15, 0.2) is 0 Å². The van der Waals surface area contributed by atoms with E-state index in [1.165, 1.54) is 16.7 Å². The van der Waals surface area contributed by atoms with Crippen molar-refractivity contribution in [1.82, 2.24) is 39.3 Å². The Morgan fingerprint density at radius 3 is 1.86 bits per heavy atom. The van der Waals surface area contributed by atoms with Crippen LogP contribution in [0.25, 0.3) is 33.7 Å². The lowest BCUT2D eigenvalue weighted by atomic mass is 10.1. The van der Waals surface area contributed by atoms with Gasteiger partial charge in [-0.2, -0.15) is 9.97 Å². The smallest absolute Gasteiger partial charge is 0.239 e. The van der Waals surface area contributed by atoms with Gasteiger partial charge >= 0.3 is 0 Å². The number of aliphatic hydroxyl groups excluding tert-OH is 1. The molecule has 298 valence electrons. The first kappa shape index (κ1) is 37.9. The van der Waals surface area contributed by atoms with Crippen LogP contribution in [0.3, 0.4) is 0 Å². The van der Waals surface area contributed by atoms with Gasteiger partial charge in [-0.15, -0.1) is 0 Å². The quantitative estimate of drug-likeness (QED) is 0.113. The maximum atomic E-state index is 9.94. The number of rotatable bonds is 10. The van der Waals surface area contributed by atoms with Crippen molar-refractivity contribution in [3.8, 4) is 17.8 Å². The van der Waals surface area contributed by atoms with Crippen LogP contribution in [0.15, 0.2) is 121 Å². The van der Waals surface area contributed by atoms with Crippen LogP contribution in [0.5, 0.6) is 5.88 Å². The molecule has 0 saturated carbocycles. The molecule has 0 radical (unpaired) electrons. The summed E-state index contributed by atoms with van der Waals surface area (Å²) in [6.45, 7) is 4.85. The summed E-state index contributed by atoms with van der Waals surface area (Å²) in [5.41, 5.74) is 9.72. The first-order valence-corrected chi connectivity index (χ1v) is 20.2. The van der Waals surface area contributed by atoms with Gasteiger partial charge in [-0.25, -0.2) is 14.5 Å². The number of para-hydroxylation sites is 2. The van der Waals surface area contributed by atoms with E-state index in [1.54, 1.807) is 7.11 Å². The molecule has 12 nitrogen and oxygen atoms in total. The fraction of sp³-hybridized carbons (Fsp3) is 0.234. The van der Waals surface area contributed by atoms with Crippen molar-refractivity contribution in [3.05, 3.63) is 161 Å². The van der Waals surface area contributed by atoms with Crippen LogP contribution in [-0.4, -0.2) is 66.3 Å². The summed E-state index contributed by atoms with van der Waals surface area (Å²) in [6.07, 6.45) is 1.77. The predicted octanol–water partition coefficient (Wildman–Crippen LogP) is 7.20. The third kappa shape index (κ3) is 7.98. The molecule has 4 aromatic carbocycles. The number of aromatic nitrogens is 6. The van der Waals surface area contributed by atoms with E-state index in [4.69, 9.17) is 24.7 Å². The number of benzene rings is 4. The molecule has 0 atom stereocenters. The molecule has 0 unspecified atom stereocenters. The van der Waals surface area contributed by atoms with E-state index in [2.05, 4.69) is 76.4 Å². The number of ether oxygens (including phenoxy) is 1. The monoisotopic (exact) mass is 784 g/mol. The van der Waals surface area contributed by atoms with E-state index in [0.29, 0.717) is 18.4 Å². The van der Waals surface area contributed by atoms with Crippen LogP contribution < -0.4 is 20.7 Å². The van der Waals surface area contributed by atoms with E-state index < -0.39 is 0 Å². The Morgan fingerprint density at radius 1 is 0.661 bits per heavy atom. The molecule has 6 heterocycles. The average molecular weight is 785 g/mol. The minimum absolute atomic E-state index is 0.0660. The highest BCUT2D eigenvalue weighted by Gasteiger charge is 2.24. The van der Waals surface area contributed by atoms with E-state index in [9.17, 15) is 5.11 Å². The van der Waals surface area contributed by atoms with Crippen LogP contribution in [0.4, 0.5) is 11.6 Å². The number of fused-ring (bicyclic) bond motifs is 4. The number of hydrogen-bond donors (Lipinski definition) is 4. The summed E-state index contributed by atoms with van der Waals surface area (Å²) >= 11 is 0. The zero-order valence-electron chi connectivity index (χ0n) is 33.4. The minimum Gasteiger partial charge on any atom is -0.482 e. The van der Waals surface area contributed by atoms with Crippen LogP contribution in [-0.2, 0) is 45.6 Å². The lowest BCUT2D eigenvalue weighted by Gasteiger charge is -2.26. The fourth-order valence-electron chi connectivity index (χ4n) is 7.97. The number of anilines is 2. The largest absolute Gasteiger partial charge is 0.482 e. The molecule has 4 aromatic heterocycles. The molecule has 0 aliphatic carbocycles. The van der Waals surface area contributed by atoms with Gasteiger partial charge < -0.3 is 30.7 Å². The van der Waals surface area contributed by atoms with Crippen molar-refractivity contribution in [1.29, 1.82) is 0 Å². The zero-order valence-corrected chi connectivity index (χ0v) is 33.4. The second-order valence-corrected chi connectivity index (χ2v) is 15.0. The van der Waals surface area contributed by atoms with Gasteiger partial charge in [-0.1, -0.05) is 97.1 Å². The normalized spacial score (nSPS) is 13.7. The summed E-state index contributed by atoms with van der Waals surface area (Å²) in [7, 11) is 3.83. The number of likely N-dealkylation sites (N-methyl/N-ethyl adjacent to an activating group) is 1. The Labute approximate surface area is 343 Å². The van der Waals surface area contributed by atoms with Gasteiger partial charge in [0.2, 0.25) is 17.8 Å². The highest BCUT2D eigenvalue weighted by Crippen LogP contribution is 2.32. The third-order valence-electron chi connectivity index (χ3n) is 11.0. The van der Waals surface area contributed by atoms with Gasteiger partial charge in [0.05, 0.1) is 41.8 Å². The Balaban J connectivity index is 0.000000152. The zero-order chi connectivity index (χ0) is 40.1. The number of hydrogen-bond acceptors (Lipinski definition) is 10. The number of nitrogens with zero attached hydrogens (tertiary/aromatic N) is 7. The second-order valence-electron chi connectivity index (χ2n) is 15.0. The van der Waals surface area contributed by atoms with Crippen molar-refractivity contribution < 1.29 is 9.84 Å². The molecule has 59 heavy (non-hydrogen) atoms. The standard InChI is InChI=1S/C24H25N5O.C23H23N5O/c1-28-13-12-20-19(16-28)23(25-15-17-8-4-3-5-9-17)27-24(26-20)29-21-11-7-6-10-18(21)14-22(29)30-2;29-15-18-12-17-8-4-5-9-21(17)28(18)23-26-20-10-11-24-14-19(20)22(27-23)25-13-16-6-2-1-3-7-16/h3-11,14H,12-13,15-16H2,1-2H3,(H,25,26,27);1-9,12,24,29H,10-11,13-15H2,(H,25,26,27). The molecule has 0 bridgehead atoms. The number of methoxy groups -OCH3 is 1. The molecular weight excluding hydrogens is 737 g/mol. The summed E-state index contributed by atoms with van der Waals surface area (Å²) in [4.78, 5) is 22.0. The first-order chi connectivity index (χ1) is 29.1. The minimum atomic E-state index is -0.0660. The molecule has 2 aliphatic heterocycles. The number of nitrogens with one attached hydrogen (secondary N) is 3. The molecule has 2 aliphatic rings. The van der Waals surface area contributed by atoms with Crippen LogP contribution in [0, 0.1) is 0 Å². The summed E-state index contributed by atoms with van der Waals surface area (Å²) in [5.74, 6) is 3.73. The maximum Gasteiger partial charge on any atom is 0.239 e. The Morgan fingerprint density at radius 2 is 1.22 bits per heavy atom. The first-order valence-electron chi connectivity index (χ1n) is 20.2. The molecule has 4 N–H and O–H groups in total. The van der Waals surface area contributed by atoms with Crippen molar-refractivity contribution in [2.75, 3.05) is 37.9 Å². The Kier molecular flexibility index (Phi) is 11.0. The van der Waals surface area contributed by atoms with Gasteiger partial charge in [0.1, 0.15) is 11.6 Å². The predicted molar refractivity (Wildman–Crippen MR) is 233 cm³/mol. The summed E-state index contributed by atoms with van der Waals surface area (Å²) < 4.78 is 9.63. The van der Waals surface area contributed by atoms with E-state index in [-0.39, 0.29) is 6.61 Å². The second kappa shape index (κ2) is 17.1.